The van der Waals surface area contributed by atoms with Crippen LogP contribution in [0, 0.1) is 5.82 Å². The fraction of sp³-hybridized carbons (Fsp3) is 0.600. The molecule has 4 rings (SSSR count). The fourth-order valence-electron chi connectivity index (χ4n) is 4.27. The van der Waals surface area contributed by atoms with E-state index in [1.54, 1.807) is 11.0 Å². The molecule has 0 bridgehead atoms. The van der Waals surface area contributed by atoms with Gasteiger partial charge in [-0.25, -0.2) is 4.39 Å². The van der Waals surface area contributed by atoms with E-state index < -0.39 is 12.1 Å². The first-order valence-corrected chi connectivity index (χ1v) is 9.89. The molecule has 3 heterocycles. The quantitative estimate of drug-likeness (QED) is 0.848. The summed E-state index contributed by atoms with van der Waals surface area (Å²) in [6.45, 7) is 2.52. The first-order valence-electron chi connectivity index (χ1n) is 9.89. The Kier molecular flexibility index (Phi) is 5.41. The number of amides is 2. The summed E-state index contributed by atoms with van der Waals surface area (Å²) in [5.41, 5.74) is 1.81. The molecule has 1 aromatic carbocycles. The largest absolute Gasteiger partial charge is 0.368 e. The normalized spacial score (nSPS) is 25.1. The molecule has 2 N–H and O–H groups in total. The molecule has 0 saturated carbocycles. The van der Waals surface area contributed by atoms with Crippen molar-refractivity contribution in [3.8, 4) is 0 Å². The van der Waals surface area contributed by atoms with E-state index in [1.165, 1.54) is 0 Å². The molecule has 2 atom stereocenters. The Morgan fingerprint density at radius 3 is 2.93 bits per heavy atom. The lowest BCUT2D eigenvalue weighted by atomic mass is 9.98. The van der Waals surface area contributed by atoms with Gasteiger partial charge in [0.05, 0.1) is 5.69 Å². The number of ether oxygens (including phenoxy) is 1. The van der Waals surface area contributed by atoms with Gasteiger partial charge < -0.3 is 20.3 Å². The third-order valence-electron chi connectivity index (χ3n) is 5.76. The molecule has 146 valence electrons. The average Bonchev–Trinajstić information content (AvgIpc) is 3.24. The van der Waals surface area contributed by atoms with E-state index in [0.717, 1.165) is 31.4 Å². The number of nitrogens with zero attached hydrogens (tertiary/aromatic N) is 1. The maximum Gasteiger partial charge on any atom is 0.252 e. The molecule has 3 aliphatic rings. The van der Waals surface area contributed by atoms with Crippen LogP contribution in [0.3, 0.4) is 0 Å². The number of hydrogen-bond donors (Lipinski definition) is 2. The average molecular weight is 375 g/mol. The highest BCUT2D eigenvalue weighted by atomic mass is 19.1. The molecule has 2 fully saturated rings. The van der Waals surface area contributed by atoms with Crippen molar-refractivity contribution >= 4 is 17.5 Å². The summed E-state index contributed by atoms with van der Waals surface area (Å²) < 4.78 is 20.3. The van der Waals surface area contributed by atoms with Gasteiger partial charge in [0.1, 0.15) is 18.0 Å². The van der Waals surface area contributed by atoms with Crippen LogP contribution in [-0.4, -0.2) is 48.6 Å². The molecule has 3 aliphatic heterocycles. The Labute approximate surface area is 158 Å². The van der Waals surface area contributed by atoms with Crippen LogP contribution in [0.25, 0.3) is 0 Å². The molecule has 0 radical (unpaired) electrons. The van der Waals surface area contributed by atoms with Gasteiger partial charge in [0, 0.05) is 19.7 Å². The maximum absolute atomic E-state index is 14.8. The molecule has 0 aliphatic carbocycles. The number of benzene rings is 1. The Hall–Kier alpha value is -1.99. The van der Waals surface area contributed by atoms with Crippen LogP contribution in [0.15, 0.2) is 12.1 Å². The van der Waals surface area contributed by atoms with Crippen molar-refractivity contribution in [3.05, 3.63) is 29.1 Å². The fourth-order valence-corrected chi connectivity index (χ4v) is 4.27. The van der Waals surface area contributed by atoms with Crippen molar-refractivity contribution in [1.82, 2.24) is 10.2 Å². The second-order valence-corrected chi connectivity index (χ2v) is 7.53. The molecule has 6 nitrogen and oxygen atoms in total. The van der Waals surface area contributed by atoms with Gasteiger partial charge in [-0.2, -0.15) is 0 Å². The van der Waals surface area contributed by atoms with Crippen LogP contribution in [0.2, 0.25) is 0 Å². The van der Waals surface area contributed by atoms with E-state index in [9.17, 15) is 14.0 Å². The molecule has 2 saturated heterocycles. The third kappa shape index (κ3) is 3.71. The van der Waals surface area contributed by atoms with Crippen LogP contribution in [0.5, 0.6) is 0 Å². The van der Waals surface area contributed by atoms with Gasteiger partial charge in [0.15, 0.2) is 0 Å². The lowest BCUT2D eigenvalue weighted by Gasteiger charge is -2.36. The molecule has 0 aromatic heterocycles. The number of rotatable bonds is 3. The number of fused-ring (bicyclic) bond motifs is 1. The first-order chi connectivity index (χ1) is 13.1. The molecular weight excluding hydrogens is 349 g/mol. The summed E-state index contributed by atoms with van der Waals surface area (Å²) in [6.07, 6.45) is 4.10. The molecule has 0 spiro atoms. The molecule has 1 aromatic rings. The van der Waals surface area contributed by atoms with Gasteiger partial charge in [-0.1, -0.05) is 6.07 Å². The van der Waals surface area contributed by atoms with E-state index in [-0.39, 0.29) is 23.3 Å². The lowest BCUT2D eigenvalue weighted by Crippen LogP contribution is -2.53. The summed E-state index contributed by atoms with van der Waals surface area (Å²) in [4.78, 5) is 27.3. The minimum Gasteiger partial charge on any atom is -0.368 e. The zero-order valence-corrected chi connectivity index (χ0v) is 15.4. The van der Waals surface area contributed by atoms with Crippen LogP contribution < -0.4 is 10.6 Å². The number of halogens is 1. The highest BCUT2D eigenvalue weighted by molar-refractivity contribution is 5.98. The van der Waals surface area contributed by atoms with Gasteiger partial charge in [0.2, 0.25) is 5.91 Å². The molecule has 27 heavy (non-hydrogen) atoms. The lowest BCUT2D eigenvalue weighted by molar-refractivity contribution is -0.148. The van der Waals surface area contributed by atoms with Gasteiger partial charge >= 0.3 is 0 Å². The number of hydrogen-bond acceptors (Lipinski definition) is 4. The van der Waals surface area contributed by atoms with Crippen LogP contribution in [0.1, 0.15) is 43.2 Å². The zero-order valence-electron chi connectivity index (χ0n) is 15.4. The highest BCUT2D eigenvalue weighted by Gasteiger charge is 2.37. The SMILES string of the molecule is O=C(Nc1ccc2c(c1F)CCNC2)C1CCCCN1C(=O)C1CCCO1. The van der Waals surface area contributed by atoms with E-state index >= 15 is 0 Å². The van der Waals surface area contributed by atoms with Gasteiger partial charge in [0.25, 0.3) is 5.91 Å². The highest BCUT2D eigenvalue weighted by Crippen LogP contribution is 2.27. The number of piperidine rings is 1. The van der Waals surface area contributed by atoms with Crippen LogP contribution in [-0.2, 0) is 27.3 Å². The first kappa shape index (κ1) is 18.4. The van der Waals surface area contributed by atoms with Crippen molar-refractivity contribution in [2.75, 3.05) is 25.0 Å². The Morgan fingerprint density at radius 2 is 2.11 bits per heavy atom. The predicted molar refractivity (Wildman–Crippen MR) is 98.8 cm³/mol. The number of carbonyl (C=O) groups is 2. The second-order valence-electron chi connectivity index (χ2n) is 7.53. The van der Waals surface area contributed by atoms with E-state index in [0.29, 0.717) is 44.5 Å². The standard InChI is InChI=1S/C20H26FN3O3/c21-18-14-8-9-22-12-13(14)6-7-15(18)23-19(25)16-4-1-2-10-24(16)20(26)17-5-3-11-27-17/h6-7,16-17,22H,1-5,8-12H2,(H,23,25). The Bertz CT molecular complexity index is 733. The predicted octanol–water partition coefficient (Wildman–Crippen LogP) is 1.97. The third-order valence-corrected chi connectivity index (χ3v) is 5.76. The number of carbonyl (C=O) groups excluding carboxylic acids is 2. The van der Waals surface area contributed by atoms with Crippen molar-refractivity contribution in [2.45, 2.75) is 57.2 Å². The molecular formula is C20H26FN3O3. The monoisotopic (exact) mass is 375 g/mol. The molecule has 7 heteroatoms. The summed E-state index contributed by atoms with van der Waals surface area (Å²) in [6, 6.07) is 2.91. The van der Waals surface area contributed by atoms with E-state index in [4.69, 9.17) is 4.74 Å². The number of likely N-dealkylation sites (tertiary alicyclic amines) is 1. The summed E-state index contributed by atoms with van der Waals surface area (Å²) in [5, 5.41) is 5.95. The van der Waals surface area contributed by atoms with E-state index in [2.05, 4.69) is 10.6 Å². The minimum atomic E-state index is -0.562. The van der Waals surface area contributed by atoms with Crippen LogP contribution in [0.4, 0.5) is 10.1 Å². The van der Waals surface area contributed by atoms with Crippen LogP contribution >= 0.6 is 0 Å². The minimum absolute atomic E-state index is 0.107. The smallest absolute Gasteiger partial charge is 0.252 e. The summed E-state index contributed by atoms with van der Waals surface area (Å²) >= 11 is 0. The summed E-state index contributed by atoms with van der Waals surface area (Å²) in [7, 11) is 0. The van der Waals surface area contributed by atoms with E-state index in [1.807, 2.05) is 6.07 Å². The number of nitrogens with one attached hydrogen (secondary N) is 2. The van der Waals surface area contributed by atoms with Gasteiger partial charge in [-0.3, -0.25) is 9.59 Å². The molecule has 2 unspecified atom stereocenters. The van der Waals surface area contributed by atoms with Crippen molar-refractivity contribution in [1.29, 1.82) is 0 Å². The van der Waals surface area contributed by atoms with Crippen molar-refractivity contribution < 1.29 is 18.7 Å². The van der Waals surface area contributed by atoms with Gasteiger partial charge in [-0.15, -0.1) is 0 Å². The number of anilines is 1. The maximum atomic E-state index is 14.8. The Balaban J connectivity index is 1.50. The summed E-state index contributed by atoms with van der Waals surface area (Å²) in [5.74, 6) is -0.770. The van der Waals surface area contributed by atoms with Gasteiger partial charge in [-0.05, 0) is 62.3 Å². The molecule has 2 amide bonds. The second kappa shape index (κ2) is 7.94. The topological polar surface area (TPSA) is 70.7 Å². The Morgan fingerprint density at radius 1 is 1.22 bits per heavy atom. The zero-order chi connectivity index (χ0) is 18.8. The van der Waals surface area contributed by atoms with Crippen molar-refractivity contribution in [3.63, 3.8) is 0 Å². The van der Waals surface area contributed by atoms with Crippen molar-refractivity contribution in [2.24, 2.45) is 0 Å².